The number of rotatable bonds is 5. The maximum Gasteiger partial charge on any atom is 0.340 e. The van der Waals surface area contributed by atoms with Crippen LogP contribution in [-0.4, -0.2) is 25.3 Å². The van der Waals surface area contributed by atoms with E-state index in [9.17, 15) is 9.59 Å². The quantitative estimate of drug-likeness (QED) is 0.841. The first-order valence-corrected chi connectivity index (χ1v) is 7.58. The molecule has 0 atom stereocenters. The van der Waals surface area contributed by atoms with Crippen molar-refractivity contribution in [2.45, 2.75) is 6.54 Å². The molecule has 1 heterocycles. The Balaban J connectivity index is 1.48. The van der Waals surface area contributed by atoms with Crippen molar-refractivity contribution < 1.29 is 23.8 Å². The van der Waals surface area contributed by atoms with Gasteiger partial charge in [0.25, 0.3) is 5.91 Å². The van der Waals surface area contributed by atoms with Gasteiger partial charge in [-0.25, -0.2) is 4.79 Å². The molecule has 0 bridgehead atoms. The van der Waals surface area contributed by atoms with E-state index in [1.807, 2.05) is 6.07 Å². The first kappa shape index (κ1) is 16.1. The van der Waals surface area contributed by atoms with Crippen molar-refractivity contribution in [2.24, 2.45) is 0 Å². The molecular weight excluding hydrogens is 334 g/mol. The van der Waals surface area contributed by atoms with Gasteiger partial charge in [-0.05, 0) is 29.8 Å². The Hall–Kier alpha value is -2.73. The summed E-state index contributed by atoms with van der Waals surface area (Å²) in [4.78, 5) is 23.6. The number of benzene rings is 2. The molecule has 2 aromatic carbocycles. The van der Waals surface area contributed by atoms with E-state index >= 15 is 0 Å². The van der Waals surface area contributed by atoms with Crippen LogP contribution in [0.5, 0.6) is 11.5 Å². The number of ether oxygens (including phenoxy) is 3. The maximum absolute atomic E-state index is 11.9. The Morgan fingerprint density at radius 3 is 2.75 bits per heavy atom. The third kappa shape index (κ3) is 3.78. The highest BCUT2D eigenvalue weighted by molar-refractivity contribution is 6.33. The molecule has 0 saturated heterocycles. The zero-order valence-corrected chi connectivity index (χ0v) is 13.3. The number of hydrogen-bond donors (Lipinski definition) is 1. The van der Waals surface area contributed by atoms with Crippen LogP contribution in [0.4, 0.5) is 0 Å². The van der Waals surface area contributed by atoms with Crippen molar-refractivity contribution in [2.75, 3.05) is 13.4 Å². The molecule has 0 saturated carbocycles. The minimum Gasteiger partial charge on any atom is -0.454 e. The summed E-state index contributed by atoms with van der Waals surface area (Å²) in [5.74, 6) is 0.276. The largest absolute Gasteiger partial charge is 0.454 e. The Bertz CT molecular complexity index is 777. The van der Waals surface area contributed by atoms with Crippen LogP contribution in [0.3, 0.4) is 0 Å². The molecule has 2 aromatic rings. The van der Waals surface area contributed by atoms with Crippen molar-refractivity contribution in [1.29, 1.82) is 0 Å². The molecule has 6 nitrogen and oxygen atoms in total. The number of esters is 1. The molecule has 124 valence electrons. The van der Waals surface area contributed by atoms with Crippen molar-refractivity contribution in [3.8, 4) is 11.5 Å². The van der Waals surface area contributed by atoms with E-state index in [1.54, 1.807) is 30.3 Å². The third-order valence-electron chi connectivity index (χ3n) is 3.35. The van der Waals surface area contributed by atoms with Gasteiger partial charge in [0.05, 0.1) is 10.6 Å². The number of amides is 1. The Labute approximate surface area is 143 Å². The van der Waals surface area contributed by atoms with Crippen molar-refractivity contribution >= 4 is 23.5 Å². The van der Waals surface area contributed by atoms with Gasteiger partial charge < -0.3 is 19.5 Å². The summed E-state index contributed by atoms with van der Waals surface area (Å²) in [5, 5.41) is 2.95. The van der Waals surface area contributed by atoms with Gasteiger partial charge in [-0.2, -0.15) is 0 Å². The predicted molar refractivity (Wildman–Crippen MR) is 86.1 cm³/mol. The molecule has 0 fully saturated rings. The van der Waals surface area contributed by atoms with Gasteiger partial charge in [-0.15, -0.1) is 0 Å². The van der Waals surface area contributed by atoms with Gasteiger partial charge in [0.1, 0.15) is 0 Å². The van der Waals surface area contributed by atoms with Gasteiger partial charge in [0, 0.05) is 6.54 Å². The molecule has 0 aliphatic carbocycles. The summed E-state index contributed by atoms with van der Waals surface area (Å²) < 4.78 is 15.4. The van der Waals surface area contributed by atoms with Gasteiger partial charge >= 0.3 is 5.97 Å². The Morgan fingerprint density at radius 1 is 1.12 bits per heavy atom. The zero-order chi connectivity index (χ0) is 16.9. The highest BCUT2D eigenvalue weighted by Gasteiger charge is 2.15. The maximum atomic E-state index is 11.9. The van der Waals surface area contributed by atoms with Crippen LogP contribution < -0.4 is 14.8 Å². The summed E-state index contributed by atoms with van der Waals surface area (Å²) in [6, 6.07) is 11.9. The highest BCUT2D eigenvalue weighted by Crippen LogP contribution is 2.32. The monoisotopic (exact) mass is 347 g/mol. The SMILES string of the molecule is O=C(COC(=O)c1ccccc1Cl)NCc1ccc2c(c1)OCO2. The first-order valence-electron chi connectivity index (χ1n) is 7.20. The second kappa shape index (κ2) is 7.23. The average Bonchev–Trinajstić information content (AvgIpc) is 3.06. The Kier molecular flexibility index (Phi) is 4.86. The fourth-order valence-corrected chi connectivity index (χ4v) is 2.35. The summed E-state index contributed by atoms with van der Waals surface area (Å²) in [6.07, 6.45) is 0. The van der Waals surface area contributed by atoms with Crippen molar-refractivity contribution in [3.05, 3.63) is 58.6 Å². The number of halogens is 1. The van der Waals surface area contributed by atoms with E-state index in [0.29, 0.717) is 18.0 Å². The van der Waals surface area contributed by atoms with E-state index < -0.39 is 11.9 Å². The number of carbonyl (C=O) groups is 2. The van der Waals surface area contributed by atoms with Gasteiger partial charge in [0.2, 0.25) is 6.79 Å². The fraction of sp³-hybridized carbons (Fsp3) is 0.176. The molecule has 0 spiro atoms. The highest BCUT2D eigenvalue weighted by atomic mass is 35.5. The average molecular weight is 348 g/mol. The first-order chi connectivity index (χ1) is 11.6. The van der Waals surface area contributed by atoms with Gasteiger partial charge in [-0.1, -0.05) is 29.8 Å². The molecule has 7 heteroatoms. The van der Waals surface area contributed by atoms with Crippen LogP contribution >= 0.6 is 11.6 Å². The van der Waals surface area contributed by atoms with Crippen molar-refractivity contribution in [1.82, 2.24) is 5.32 Å². The predicted octanol–water partition coefficient (Wildman–Crippen LogP) is 2.54. The number of carbonyl (C=O) groups excluding carboxylic acids is 2. The van der Waals surface area contributed by atoms with E-state index in [4.69, 9.17) is 25.8 Å². The zero-order valence-electron chi connectivity index (χ0n) is 12.6. The molecule has 1 aliphatic rings. The van der Waals surface area contributed by atoms with Crippen LogP contribution in [0.1, 0.15) is 15.9 Å². The molecule has 24 heavy (non-hydrogen) atoms. The van der Waals surface area contributed by atoms with Crippen LogP contribution in [-0.2, 0) is 16.1 Å². The topological polar surface area (TPSA) is 73.9 Å². The normalized spacial score (nSPS) is 11.9. The lowest BCUT2D eigenvalue weighted by atomic mass is 10.2. The molecular formula is C17H14ClNO5. The fourth-order valence-electron chi connectivity index (χ4n) is 2.14. The standard InChI is InChI=1S/C17H14ClNO5/c18-13-4-2-1-3-12(13)17(21)22-9-16(20)19-8-11-5-6-14-15(7-11)24-10-23-14/h1-7H,8-10H2,(H,19,20). The second-order valence-corrected chi connectivity index (χ2v) is 5.43. The third-order valence-corrected chi connectivity index (χ3v) is 3.68. The summed E-state index contributed by atoms with van der Waals surface area (Å²) in [5.41, 5.74) is 1.08. The van der Waals surface area contributed by atoms with Gasteiger partial charge in [0.15, 0.2) is 18.1 Å². The van der Waals surface area contributed by atoms with Crippen molar-refractivity contribution in [3.63, 3.8) is 0 Å². The summed E-state index contributed by atoms with van der Waals surface area (Å²) in [6.45, 7) is 0.108. The lowest BCUT2D eigenvalue weighted by Gasteiger charge is -2.08. The van der Waals surface area contributed by atoms with E-state index in [0.717, 1.165) is 5.56 Å². The van der Waals surface area contributed by atoms with Crippen LogP contribution in [0.15, 0.2) is 42.5 Å². The van der Waals surface area contributed by atoms with E-state index in [2.05, 4.69) is 5.32 Å². The molecule has 1 amide bonds. The smallest absolute Gasteiger partial charge is 0.340 e. The molecule has 0 radical (unpaired) electrons. The minimum atomic E-state index is -0.640. The molecule has 0 aromatic heterocycles. The number of fused-ring (bicyclic) bond motifs is 1. The lowest BCUT2D eigenvalue weighted by molar-refractivity contribution is -0.124. The number of hydrogen-bond acceptors (Lipinski definition) is 5. The molecule has 3 rings (SSSR count). The van der Waals surface area contributed by atoms with Crippen LogP contribution in [0.25, 0.3) is 0 Å². The summed E-state index contributed by atoms with van der Waals surface area (Å²) >= 11 is 5.90. The molecule has 0 unspecified atom stereocenters. The van der Waals surface area contributed by atoms with Gasteiger partial charge in [-0.3, -0.25) is 4.79 Å². The summed E-state index contributed by atoms with van der Waals surface area (Å²) in [7, 11) is 0. The lowest BCUT2D eigenvalue weighted by Crippen LogP contribution is -2.28. The number of nitrogens with one attached hydrogen (secondary N) is 1. The molecule has 1 N–H and O–H groups in total. The molecule has 1 aliphatic heterocycles. The Morgan fingerprint density at radius 2 is 1.92 bits per heavy atom. The second-order valence-electron chi connectivity index (χ2n) is 5.02. The van der Waals surface area contributed by atoms with E-state index in [-0.39, 0.29) is 24.0 Å². The van der Waals surface area contributed by atoms with Crippen LogP contribution in [0.2, 0.25) is 5.02 Å². The van der Waals surface area contributed by atoms with E-state index in [1.165, 1.54) is 6.07 Å². The van der Waals surface area contributed by atoms with Crippen LogP contribution in [0, 0.1) is 0 Å². The minimum absolute atomic E-state index is 0.198.